The summed E-state index contributed by atoms with van der Waals surface area (Å²) in [5, 5.41) is 12.2. The molecule has 8 nitrogen and oxygen atoms in total. The highest BCUT2D eigenvalue weighted by Crippen LogP contribution is 2.12. The zero-order valence-corrected chi connectivity index (χ0v) is 16.9. The monoisotopic (exact) mass is 396 g/mol. The second kappa shape index (κ2) is 10.6. The van der Waals surface area contributed by atoms with E-state index in [0.29, 0.717) is 18.2 Å². The fraction of sp³-hybridized carbons (Fsp3) is 0.238. The number of carbonyl (C=O) groups excluding carboxylic acids is 2. The van der Waals surface area contributed by atoms with Crippen molar-refractivity contribution < 1.29 is 19.1 Å². The van der Waals surface area contributed by atoms with Crippen LogP contribution in [0.3, 0.4) is 0 Å². The van der Waals surface area contributed by atoms with Crippen molar-refractivity contribution in [3.63, 3.8) is 0 Å². The minimum atomic E-state index is -0.352. The lowest BCUT2D eigenvalue weighted by atomic mass is 10.2. The number of benzene rings is 2. The minimum absolute atomic E-state index is 0.352. The maximum atomic E-state index is 10.9. The van der Waals surface area contributed by atoms with Crippen molar-refractivity contribution in [2.45, 2.75) is 13.8 Å². The average Bonchev–Trinajstić information content (AvgIpc) is 2.66. The van der Waals surface area contributed by atoms with E-state index in [9.17, 15) is 9.59 Å². The highest BCUT2D eigenvalue weighted by atomic mass is 16.5. The first-order valence-electron chi connectivity index (χ1n) is 8.89. The normalized spacial score (nSPS) is 10.9. The topological polar surface area (TPSA) is 83.8 Å². The third-order valence-corrected chi connectivity index (χ3v) is 3.50. The van der Waals surface area contributed by atoms with Crippen LogP contribution < -0.4 is 9.47 Å². The van der Waals surface area contributed by atoms with Crippen LogP contribution in [0.2, 0.25) is 0 Å². The van der Waals surface area contributed by atoms with Crippen LogP contribution in [0.4, 0.5) is 0 Å². The molecule has 8 heteroatoms. The molecule has 2 aromatic carbocycles. The van der Waals surface area contributed by atoms with Crippen LogP contribution in [0.1, 0.15) is 25.0 Å². The predicted molar refractivity (Wildman–Crippen MR) is 111 cm³/mol. The van der Waals surface area contributed by atoms with Crippen molar-refractivity contribution in [1.29, 1.82) is 0 Å². The first-order valence-corrected chi connectivity index (χ1v) is 8.89. The van der Waals surface area contributed by atoms with Crippen molar-refractivity contribution in [1.82, 2.24) is 10.0 Å². The van der Waals surface area contributed by atoms with Crippen LogP contribution >= 0.6 is 0 Å². The molecule has 29 heavy (non-hydrogen) atoms. The Hall–Kier alpha value is -3.68. The maximum Gasteiger partial charge on any atom is 0.308 e. The first-order chi connectivity index (χ1) is 13.8. The van der Waals surface area contributed by atoms with Gasteiger partial charge in [0.15, 0.2) is 0 Å². The summed E-state index contributed by atoms with van der Waals surface area (Å²) in [6.45, 7) is 3.20. The smallest absolute Gasteiger partial charge is 0.308 e. The van der Waals surface area contributed by atoms with Gasteiger partial charge in [0.1, 0.15) is 18.2 Å². The number of esters is 2. The van der Waals surface area contributed by atoms with Gasteiger partial charge in [-0.25, -0.2) is 0 Å². The molecule has 0 heterocycles. The van der Waals surface area contributed by atoms with Gasteiger partial charge in [-0.2, -0.15) is 10.2 Å². The number of nitrogens with zero attached hydrogens (tertiary/aromatic N) is 4. The van der Waals surface area contributed by atoms with Gasteiger partial charge in [-0.05, 0) is 59.7 Å². The van der Waals surface area contributed by atoms with Crippen LogP contribution in [-0.4, -0.2) is 55.1 Å². The molecule has 0 radical (unpaired) electrons. The highest BCUT2D eigenvalue weighted by Gasteiger charge is 2.00. The van der Waals surface area contributed by atoms with Gasteiger partial charge in [-0.3, -0.25) is 19.6 Å². The Morgan fingerprint density at radius 1 is 0.759 bits per heavy atom. The molecule has 0 spiro atoms. The van der Waals surface area contributed by atoms with Crippen LogP contribution in [0.5, 0.6) is 11.5 Å². The predicted octanol–water partition coefficient (Wildman–Crippen LogP) is 2.73. The van der Waals surface area contributed by atoms with E-state index in [1.807, 2.05) is 38.4 Å². The minimum Gasteiger partial charge on any atom is -0.427 e. The van der Waals surface area contributed by atoms with E-state index in [4.69, 9.17) is 9.47 Å². The Balaban J connectivity index is 1.84. The fourth-order valence-corrected chi connectivity index (χ4v) is 2.28. The zero-order chi connectivity index (χ0) is 21.2. The van der Waals surface area contributed by atoms with Crippen molar-refractivity contribution >= 4 is 24.4 Å². The van der Waals surface area contributed by atoms with Crippen LogP contribution in [-0.2, 0) is 9.59 Å². The number of carbonyl (C=O) groups is 2. The van der Waals surface area contributed by atoms with Crippen LogP contribution in [0, 0.1) is 0 Å². The van der Waals surface area contributed by atoms with E-state index in [2.05, 4.69) is 10.2 Å². The molecule has 0 aromatic heterocycles. The quantitative estimate of drug-likeness (QED) is 0.224. The van der Waals surface area contributed by atoms with Gasteiger partial charge in [0.25, 0.3) is 0 Å². The van der Waals surface area contributed by atoms with Crippen molar-refractivity contribution in [2.24, 2.45) is 10.2 Å². The Morgan fingerprint density at radius 3 is 1.41 bits per heavy atom. The molecule has 152 valence electrons. The molecule has 0 atom stereocenters. The lowest BCUT2D eigenvalue weighted by Crippen LogP contribution is -2.26. The van der Waals surface area contributed by atoms with Gasteiger partial charge in [-0.1, -0.05) is 0 Å². The number of hydrazone groups is 2. The van der Waals surface area contributed by atoms with E-state index >= 15 is 0 Å². The van der Waals surface area contributed by atoms with Crippen molar-refractivity contribution in [2.75, 3.05) is 20.8 Å². The number of hydrogen-bond donors (Lipinski definition) is 0. The highest BCUT2D eigenvalue weighted by molar-refractivity contribution is 5.80. The Labute approximate surface area is 170 Å². The molecule has 0 N–H and O–H groups in total. The molecule has 2 rings (SSSR count). The van der Waals surface area contributed by atoms with Gasteiger partial charge < -0.3 is 9.47 Å². The van der Waals surface area contributed by atoms with Gasteiger partial charge in [0.2, 0.25) is 0 Å². The third kappa shape index (κ3) is 8.25. The summed E-state index contributed by atoms with van der Waals surface area (Å²) < 4.78 is 9.99. The summed E-state index contributed by atoms with van der Waals surface area (Å²) in [4.78, 5) is 21.8. The molecule has 0 saturated heterocycles. The summed E-state index contributed by atoms with van der Waals surface area (Å²) in [7, 11) is 3.67. The number of ether oxygens (including phenoxy) is 2. The van der Waals surface area contributed by atoms with Gasteiger partial charge >= 0.3 is 11.9 Å². The molecule has 0 aliphatic carbocycles. The third-order valence-electron chi connectivity index (χ3n) is 3.50. The summed E-state index contributed by atoms with van der Waals surface area (Å²) in [5.41, 5.74) is 1.76. The van der Waals surface area contributed by atoms with Gasteiger partial charge in [0.05, 0.1) is 12.4 Å². The first kappa shape index (κ1) is 21.6. The van der Waals surface area contributed by atoms with E-state index in [-0.39, 0.29) is 11.9 Å². The molecule has 0 amide bonds. The van der Waals surface area contributed by atoms with Gasteiger partial charge in [-0.15, -0.1) is 0 Å². The summed E-state index contributed by atoms with van der Waals surface area (Å²) in [6.07, 6.45) is 3.42. The summed E-state index contributed by atoms with van der Waals surface area (Å²) in [5.74, 6) is 0.293. The fourth-order valence-electron chi connectivity index (χ4n) is 2.28. The largest absolute Gasteiger partial charge is 0.427 e. The molecule has 0 aliphatic heterocycles. The standard InChI is InChI=1S/C21H24N4O4/c1-16(26)28-20-9-5-18(6-10-20)13-22-24(3)15-25(4)23-14-19-7-11-21(12-8-19)29-17(2)27/h5-14H,15H2,1-4H3. The van der Waals surface area contributed by atoms with Crippen LogP contribution in [0.25, 0.3) is 0 Å². The summed E-state index contributed by atoms with van der Waals surface area (Å²) in [6, 6.07) is 14.1. The molecule has 2 aromatic rings. The molecule has 0 fully saturated rings. The van der Waals surface area contributed by atoms with Crippen molar-refractivity contribution in [3.05, 3.63) is 59.7 Å². The maximum absolute atomic E-state index is 10.9. The lowest BCUT2D eigenvalue weighted by Gasteiger charge is -2.19. The molecule has 0 saturated carbocycles. The van der Waals surface area contributed by atoms with E-state index < -0.39 is 0 Å². The SMILES string of the molecule is CC(=O)Oc1ccc(C=NN(C)CN(C)N=Cc2ccc(OC(C)=O)cc2)cc1. The molecular formula is C21H24N4O4. The number of hydrogen-bond acceptors (Lipinski definition) is 8. The zero-order valence-electron chi connectivity index (χ0n) is 16.9. The van der Waals surface area contributed by atoms with E-state index in [0.717, 1.165) is 11.1 Å². The summed E-state index contributed by atoms with van der Waals surface area (Å²) >= 11 is 0. The van der Waals surface area contributed by atoms with Crippen molar-refractivity contribution in [3.8, 4) is 11.5 Å². The molecule has 0 unspecified atom stereocenters. The van der Waals surface area contributed by atoms with Gasteiger partial charge in [0, 0.05) is 27.9 Å². The lowest BCUT2D eigenvalue weighted by molar-refractivity contribution is -0.132. The van der Waals surface area contributed by atoms with Crippen LogP contribution in [0.15, 0.2) is 58.7 Å². The second-order valence-corrected chi connectivity index (χ2v) is 6.27. The van der Waals surface area contributed by atoms with E-state index in [1.165, 1.54) is 13.8 Å². The number of rotatable bonds is 8. The molecular weight excluding hydrogens is 372 g/mol. The average molecular weight is 396 g/mol. The Bertz CT molecular complexity index is 803. The molecule has 0 bridgehead atoms. The second-order valence-electron chi connectivity index (χ2n) is 6.27. The Morgan fingerprint density at radius 2 is 1.10 bits per heavy atom. The molecule has 0 aliphatic rings. The van der Waals surface area contributed by atoms with E-state index in [1.54, 1.807) is 46.7 Å². The Kier molecular flexibility index (Phi) is 7.90.